The molecule has 3 rings (SSSR count). The van der Waals surface area contributed by atoms with Crippen LogP contribution < -0.4 is 4.74 Å². The van der Waals surface area contributed by atoms with Crippen molar-refractivity contribution in [3.8, 4) is 5.75 Å². The monoisotopic (exact) mass is 326 g/mol. The molecule has 0 spiro atoms. The lowest BCUT2D eigenvalue weighted by Crippen LogP contribution is -2.17. The maximum Gasteiger partial charge on any atom is 0.573 e. The molecular formula is C15H10ClF3N2O. The molecule has 0 aliphatic rings. The molecule has 1 aromatic heterocycles. The van der Waals surface area contributed by atoms with Crippen molar-refractivity contribution in [1.29, 1.82) is 0 Å². The molecule has 0 bridgehead atoms. The van der Waals surface area contributed by atoms with Crippen LogP contribution in [-0.4, -0.2) is 15.9 Å². The lowest BCUT2D eigenvalue weighted by atomic mass is 10.2. The zero-order chi connectivity index (χ0) is 15.7. The second-order valence-corrected chi connectivity index (χ2v) is 4.99. The van der Waals surface area contributed by atoms with Gasteiger partial charge in [-0.05, 0) is 41.4 Å². The van der Waals surface area contributed by atoms with Gasteiger partial charge < -0.3 is 9.30 Å². The lowest BCUT2D eigenvalue weighted by molar-refractivity contribution is -0.274. The molecule has 0 unspecified atom stereocenters. The van der Waals surface area contributed by atoms with Crippen molar-refractivity contribution in [3.63, 3.8) is 0 Å². The van der Waals surface area contributed by atoms with Gasteiger partial charge in [-0.3, -0.25) is 0 Å². The smallest absolute Gasteiger partial charge is 0.406 e. The molecule has 0 aliphatic carbocycles. The van der Waals surface area contributed by atoms with Gasteiger partial charge in [0.1, 0.15) is 5.75 Å². The molecule has 1 heterocycles. The highest BCUT2D eigenvalue weighted by Crippen LogP contribution is 2.24. The van der Waals surface area contributed by atoms with Gasteiger partial charge in [-0.2, -0.15) is 0 Å². The minimum Gasteiger partial charge on any atom is -0.406 e. The van der Waals surface area contributed by atoms with Crippen LogP contribution >= 0.6 is 11.6 Å². The van der Waals surface area contributed by atoms with Crippen LogP contribution in [0.25, 0.3) is 11.0 Å². The fourth-order valence-electron chi connectivity index (χ4n) is 2.18. The van der Waals surface area contributed by atoms with E-state index in [9.17, 15) is 13.2 Å². The number of hydrogen-bond donors (Lipinski definition) is 0. The molecule has 0 aliphatic heterocycles. The summed E-state index contributed by atoms with van der Waals surface area (Å²) in [5, 5.41) is 0.330. The minimum absolute atomic E-state index is 0.252. The van der Waals surface area contributed by atoms with Crippen molar-refractivity contribution in [2.75, 3.05) is 0 Å². The molecule has 0 atom stereocenters. The predicted octanol–water partition coefficient (Wildman–Crippen LogP) is 4.64. The summed E-state index contributed by atoms with van der Waals surface area (Å²) in [6.45, 7) is 0.408. The van der Waals surface area contributed by atoms with Gasteiger partial charge in [0.2, 0.25) is 5.28 Å². The fourth-order valence-corrected chi connectivity index (χ4v) is 2.42. The predicted molar refractivity (Wildman–Crippen MR) is 77.0 cm³/mol. The Kier molecular flexibility index (Phi) is 3.70. The van der Waals surface area contributed by atoms with E-state index in [4.69, 9.17) is 11.6 Å². The number of imidazole rings is 1. The third-order valence-corrected chi connectivity index (χ3v) is 3.39. The topological polar surface area (TPSA) is 27.1 Å². The molecule has 0 radical (unpaired) electrons. The van der Waals surface area contributed by atoms with Gasteiger partial charge in [-0.15, -0.1) is 13.2 Å². The number of para-hydroxylation sites is 2. The van der Waals surface area contributed by atoms with E-state index in [0.29, 0.717) is 11.8 Å². The molecule has 0 N–H and O–H groups in total. The summed E-state index contributed by atoms with van der Waals surface area (Å²) in [7, 11) is 0. The summed E-state index contributed by atoms with van der Waals surface area (Å²) in [5.74, 6) is -0.252. The summed E-state index contributed by atoms with van der Waals surface area (Å²) in [6, 6.07) is 13.1. The number of halogens is 4. The first-order chi connectivity index (χ1) is 10.4. The van der Waals surface area contributed by atoms with Crippen LogP contribution in [0.1, 0.15) is 5.56 Å². The Morgan fingerprint density at radius 2 is 1.73 bits per heavy atom. The Morgan fingerprint density at radius 3 is 2.41 bits per heavy atom. The third-order valence-electron chi connectivity index (χ3n) is 3.11. The maximum atomic E-state index is 12.1. The first-order valence-electron chi connectivity index (χ1n) is 6.38. The first kappa shape index (κ1) is 14.7. The maximum absolute atomic E-state index is 12.1. The molecule has 3 nitrogen and oxygen atoms in total. The lowest BCUT2D eigenvalue weighted by Gasteiger charge is -2.10. The van der Waals surface area contributed by atoms with Crippen molar-refractivity contribution in [3.05, 3.63) is 59.4 Å². The standard InChI is InChI=1S/C15H10ClF3N2O/c16-14-20-12-3-1-2-4-13(12)21(14)9-10-5-7-11(8-6-10)22-15(17,18)19/h1-8H,9H2. The minimum atomic E-state index is -4.69. The van der Waals surface area contributed by atoms with Crippen LogP contribution in [0.5, 0.6) is 5.75 Å². The van der Waals surface area contributed by atoms with Gasteiger partial charge in [-0.1, -0.05) is 24.3 Å². The molecule has 0 fully saturated rings. The van der Waals surface area contributed by atoms with Crippen LogP contribution in [-0.2, 0) is 6.54 Å². The van der Waals surface area contributed by atoms with Crippen LogP contribution in [0.2, 0.25) is 5.28 Å². The van der Waals surface area contributed by atoms with E-state index in [1.807, 2.05) is 24.3 Å². The highest BCUT2D eigenvalue weighted by Gasteiger charge is 2.30. The van der Waals surface area contributed by atoms with Gasteiger partial charge in [0.25, 0.3) is 0 Å². The Hall–Kier alpha value is -2.21. The Labute approximate surface area is 128 Å². The zero-order valence-corrected chi connectivity index (χ0v) is 11.9. The van der Waals surface area contributed by atoms with Gasteiger partial charge in [0, 0.05) is 0 Å². The van der Waals surface area contributed by atoms with E-state index in [2.05, 4.69) is 9.72 Å². The molecule has 2 aromatic carbocycles. The number of nitrogens with zero attached hydrogens (tertiary/aromatic N) is 2. The van der Waals surface area contributed by atoms with E-state index in [0.717, 1.165) is 16.6 Å². The first-order valence-corrected chi connectivity index (χ1v) is 6.76. The van der Waals surface area contributed by atoms with Gasteiger partial charge in [0.05, 0.1) is 17.6 Å². The van der Waals surface area contributed by atoms with Crippen LogP contribution in [0.15, 0.2) is 48.5 Å². The summed E-state index contributed by atoms with van der Waals surface area (Å²) in [6.07, 6.45) is -4.69. The van der Waals surface area contributed by atoms with Gasteiger partial charge in [-0.25, -0.2) is 4.98 Å². The van der Waals surface area contributed by atoms with E-state index in [-0.39, 0.29) is 5.75 Å². The summed E-state index contributed by atoms with van der Waals surface area (Å²) in [5.41, 5.74) is 2.42. The molecule has 3 aromatic rings. The number of fused-ring (bicyclic) bond motifs is 1. The molecule has 114 valence electrons. The average molecular weight is 327 g/mol. The van der Waals surface area contributed by atoms with Gasteiger partial charge in [0.15, 0.2) is 0 Å². The van der Waals surface area contributed by atoms with Crippen molar-refractivity contribution in [2.24, 2.45) is 0 Å². The normalized spacial score (nSPS) is 11.8. The van der Waals surface area contributed by atoms with Crippen LogP contribution in [0, 0.1) is 0 Å². The molecule has 0 amide bonds. The molecule has 0 saturated heterocycles. The van der Waals surface area contributed by atoms with Crippen molar-refractivity contribution in [1.82, 2.24) is 9.55 Å². The average Bonchev–Trinajstić information content (AvgIpc) is 2.76. The van der Waals surface area contributed by atoms with Crippen molar-refractivity contribution >= 4 is 22.6 Å². The van der Waals surface area contributed by atoms with Crippen LogP contribution in [0.4, 0.5) is 13.2 Å². The highest BCUT2D eigenvalue weighted by molar-refractivity contribution is 6.29. The number of hydrogen-bond acceptors (Lipinski definition) is 2. The molecule has 22 heavy (non-hydrogen) atoms. The quantitative estimate of drug-likeness (QED) is 0.701. The van der Waals surface area contributed by atoms with Crippen LogP contribution in [0.3, 0.4) is 0 Å². The van der Waals surface area contributed by atoms with E-state index < -0.39 is 6.36 Å². The zero-order valence-electron chi connectivity index (χ0n) is 11.1. The Balaban J connectivity index is 1.85. The second kappa shape index (κ2) is 5.53. The number of ether oxygens (including phenoxy) is 1. The fraction of sp³-hybridized carbons (Fsp3) is 0.133. The highest BCUT2D eigenvalue weighted by atomic mass is 35.5. The number of benzene rings is 2. The summed E-state index contributed by atoms with van der Waals surface area (Å²) >= 11 is 6.11. The Bertz CT molecular complexity index is 797. The SMILES string of the molecule is FC(F)(F)Oc1ccc(Cn2c(Cl)nc3ccccc32)cc1. The second-order valence-electron chi connectivity index (χ2n) is 4.65. The van der Waals surface area contributed by atoms with E-state index in [1.54, 1.807) is 16.7 Å². The number of alkyl halides is 3. The number of rotatable bonds is 3. The Morgan fingerprint density at radius 1 is 1.05 bits per heavy atom. The van der Waals surface area contributed by atoms with E-state index in [1.165, 1.54) is 12.1 Å². The molecular weight excluding hydrogens is 317 g/mol. The van der Waals surface area contributed by atoms with Gasteiger partial charge >= 0.3 is 6.36 Å². The van der Waals surface area contributed by atoms with Crippen molar-refractivity contribution in [2.45, 2.75) is 12.9 Å². The molecule has 0 saturated carbocycles. The third kappa shape index (κ3) is 3.17. The summed E-state index contributed by atoms with van der Waals surface area (Å²) in [4.78, 5) is 4.23. The summed E-state index contributed by atoms with van der Waals surface area (Å²) < 4.78 is 42.0. The number of aromatic nitrogens is 2. The largest absolute Gasteiger partial charge is 0.573 e. The van der Waals surface area contributed by atoms with Crippen molar-refractivity contribution < 1.29 is 17.9 Å². The molecule has 7 heteroatoms. The van der Waals surface area contributed by atoms with E-state index >= 15 is 0 Å².